The first-order chi connectivity index (χ1) is 11.5. The van der Waals surface area contributed by atoms with E-state index in [0.717, 1.165) is 18.6 Å². The van der Waals surface area contributed by atoms with Crippen molar-refractivity contribution in [3.8, 4) is 0 Å². The van der Waals surface area contributed by atoms with Crippen LogP contribution in [0.2, 0.25) is 0 Å². The van der Waals surface area contributed by atoms with Gasteiger partial charge in [0.1, 0.15) is 17.3 Å². The smallest absolute Gasteiger partial charge is 0.154 e. The lowest BCUT2D eigenvalue weighted by molar-refractivity contribution is 0.393. The molecule has 0 bridgehead atoms. The monoisotopic (exact) mass is 356 g/mol. The molecule has 0 N–H and O–H groups in total. The van der Waals surface area contributed by atoms with Crippen LogP contribution in [0.5, 0.6) is 0 Å². The summed E-state index contributed by atoms with van der Waals surface area (Å²) < 4.78 is 28.8. The lowest BCUT2D eigenvalue weighted by Gasteiger charge is -2.14. The van der Waals surface area contributed by atoms with Crippen molar-refractivity contribution in [3.05, 3.63) is 23.7 Å². The number of unbranched alkanes of at least 4 members (excludes halogenated alkanes) is 7. The molecule has 0 aliphatic heterocycles. The van der Waals surface area contributed by atoms with E-state index in [-0.39, 0.29) is 5.75 Å². The summed E-state index contributed by atoms with van der Waals surface area (Å²) >= 11 is 0. The van der Waals surface area contributed by atoms with Gasteiger partial charge in [-0.2, -0.15) is 0 Å². The largest absolute Gasteiger partial charge is 0.465 e. The fourth-order valence-electron chi connectivity index (χ4n) is 3.19. The molecule has 1 atom stereocenters. The third-order valence-corrected chi connectivity index (χ3v) is 5.36. The highest BCUT2D eigenvalue weighted by Gasteiger charge is 2.17. The fourth-order valence-corrected chi connectivity index (χ4v) is 3.86. The molecular formula is C20H36O3S. The summed E-state index contributed by atoms with van der Waals surface area (Å²) in [5, 5.41) is 0. The minimum absolute atomic E-state index is 0.00601. The predicted octanol–water partition coefficient (Wildman–Crippen LogP) is 6.24. The average molecular weight is 357 g/mol. The van der Waals surface area contributed by atoms with Crippen LogP contribution in [-0.2, 0) is 15.6 Å². The van der Waals surface area contributed by atoms with E-state index in [1.165, 1.54) is 64.0 Å². The van der Waals surface area contributed by atoms with Crippen LogP contribution in [0.1, 0.15) is 102 Å². The molecule has 0 radical (unpaired) electrons. The SMILES string of the molecule is CCCCCCCC(CCCCCC)c1ccc(CS(C)(=O)=O)o1. The maximum atomic E-state index is 11.4. The molecule has 0 aliphatic rings. The fraction of sp³-hybridized carbons (Fsp3) is 0.800. The van der Waals surface area contributed by atoms with E-state index < -0.39 is 9.84 Å². The molecule has 1 heterocycles. The number of rotatable bonds is 14. The molecule has 0 aliphatic carbocycles. The molecule has 0 amide bonds. The van der Waals surface area contributed by atoms with Crippen molar-refractivity contribution in [3.63, 3.8) is 0 Å². The second-order valence-electron chi connectivity index (χ2n) is 7.12. The molecule has 0 spiro atoms. The van der Waals surface area contributed by atoms with Crippen LogP contribution < -0.4 is 0 Å². The summed E-state index contributed by atoms with van der Waals surface area (Å²) in [6.07, 6.45) is 15.0. The first-order valence-corrected chi connectivity index (χ1v) is 11.8. The minimum Gasteiger partial charge on any atom is -0.465 e. The zero-order valence-corrected chi connectivity index (χ0v) is 16.7. The van der Waals surface area contributed by atoms with Crippen molar-refractivity contribution >= 4 is 9.84 Å². The van der Waals surface area contributed by atoms with E-state index in [2.05, 4.69) is 13.8 Å². The molecule has 0 aromatic carbocycles. The third kappa shape index (κ3) is 9.51. The second kappa shape index (κ2) is 11.7. The van der Waals surface area contributed by atoms with Gasteiger partial charge in [-0.3, -0.25) is 0 Å². The molecule has 0 saturated heterocycles. The summed E-state index contributed by atoms with van der Waals surface area (Å²) in [6, 6.07) is 3.84. The van der Waals surface area contributed by atoms with E-state index in [4.69, 9.17) is 4.42 Å². The van der Waals surface area contributed by atoms with E-state index >= 15 is 0 Å². The standard InChI is InChI=1S/C20H36O3S/c1-4-6-8-10-12-14-18(13-11-9-7-5-2)20-16-15-19(23-20)17-24(3,21)22/h15-16,18H,4-14,17H2,1-3H3. The Morgan fingerprint density at radius 1 is 0.875 bits per heavy atom. The van der Waals surface area contributed by atoms with Crippen molar-refractivity contribution in [2.45, 2.75) is 96.1 Å². The third-order valence-electron chi connectivity index (χ3n) is 4.55. The highest BCUT2D eigenvalue weighted by atomic mass is 32.2. The van der Waals surface area contributed by atoms with Gasteiger partial charge in [-0.1, -0.05) is 71.6 Å². The molecule has 1 unspecified atom stereocenters. The summed E-state index contributed by atoms with van der Waals surface area (Å²) in [4.78, 5) is 0. The first kappa shape index (κ1) is 21.3. The van der Waals surface area contributed by atoms with Gasteiger partial charge in [0.15, 0.2) is 9.84 Å². The Morgan fingerprint density at radius 3 is 1.96 bits per heavy atom. The van der Waals surface area contributed by atoms with E-state index in [0.29, 0.717) is 11.7 Å². The second-order valence-corrected chi connectivity index (χ2v) is 9.26. The molecule has 4 heteroatoms. The molecule has 140 valence electrons. The highest BCUT2D eigenvalue weighted by Crippen LogP contribution is 2.30. The van der Waals surface area contributed by atoms with Crippen molar-refractivity contribution in [1.29, 1.82) is 0 Å². The van der Waals surface area contributed by atoms with Gasteiger partial charge >= 0.3 is 0 Å². The van der Waals surface area contributed by atoms with E-state index in [1.807, 2.05) is 12.1 Å². The Morgan fingerprint density at radius 2 is 1.42 bits per heavy atom. The van der Waals surface area contributed by atoms with Crippen LogP contribution in [0.25, 0.3) is 0 Å². The van der Waals surface area contributed by atoms with Crippen LogP contribution in [-0.4, -0.2) is 14.7 Å². The van der Waals surface area contributed by atoms with Crippen molar-refractivity contribution in [2.24, 2.45) is 0 Å². The maximum Gasteiger partial charge on any atom is 0.154 e. The van der Waals surface area contributed by atoms with Crippen molar-refractivity contribution in [1.82, 2.24) is 0 Å². The van der Waals surface area contributed by atoms with Gasteiger partial charge in [0, 0.05) is 12.2 Å². The Hall–Kier alpha value is -0.770. The topological polar surface area (TPSA) is 47.3 Å². The van der Waals surface area contributed by atoms with Gasteiger partial charge in [-0.25, -0.2) is 8.42 Å². The van der Waals surface area contributed by atoms with E-state index in [1.54, 1.807) is 0 Å². The summed E-state index contributed by atoms with van der Waals surface area (Å²) in [6.45, 7) is 4.47. The molecule has 1 rings (SSSR count). The molecule has 1 aromatic rings. The zero-order chi connectivity index (χ0) is 17.8. The van der Waals surface area contributed by atoms with Gasteiger partial charge in [0.2, 0.25) is 0 Å². The average Bonchev–Trinajstić information content (AvgIpc) is 2.95. The molecule has 0 saturated carbocycles. The highest BCUT2D eigenvalue weighted by molar-refractivity contribution is 7.89. The first-order valence-electron chi connectivity index (χ1n) is 9.72. The maximum absolute atomic E-state index is 11.4. The molecule has 24 heavy (non-hydrogen) atoms. The summed E-state index contributed by atoms with van der Waals surface area (Å²) in [5.74, 6) is 2.01. The Kier molecular flexibility index (Phi) is 10.4. The van der Waals surface area contributed by atoms with Crippen LogP contribution in [0.15, 0.2) is 16.5 Å². The van der Waals surface area contributed by atoms with Gasteiger partial charge < -0.3 is 4.42 Å². The number of furan rings is 1. The van der Waals surface area contributed by atoms with Crippen LogP contribution in [0, 0.1) is 0 Å². The Bertz CT molecular complexity index is 531. The lowest BCUT2D eigenvalue weighted by atomic mass is 9.92. The molecular weight excluding hydrogens is 320 g/mol. The lowest BCUT2D eigenvalue weighted by Crippen LogP contribution is -2.00. The van der Waals surface area contributed by atoms with Gasteiger partial charge in [-0.05, 0) is 25.0 Å². The van der Waals surface area contributed by atoms with Crippen molar-refractivity contribution < 1.29 is 12.8 Å². The molecule has 0 fully saturated rings. The normalized spacial score (nSPS) is 13.3. The van der Waals surface area contributed by atoms with E-state index in [9.17, 15) is 8.42 Å². The van der Waals surface area contributed by atoms with Crippen LogP contribution >= 0.6 is 0 Å². The number of hydrogen-bond donors (Lipinski definition) is 0. The summed E-state index contributed by atoms with van der Waals surface area (Å²) in [7, 11) is -3.03. The quantitative estimate of drug-likeness (QED) is 0.371. The number of sulfone groups is 1. The van der Waals surface area contributed by atoms with Gasteiger partial charge in [0.25, 0.3) is 0 Å². The van der Waals surface area contributed by atoms with Gasteiger partial charge in [-0.15, -0.1) is 0 Å². The molecule has 3 nitrogen and oxygen atoms in total. The minimum atomic E-state index is -3.03. The predicted molar refractivity (Wildman–Crippen MR) is 102 cm³/mol. The van der Waals surface area contributed by atoms with Crippen LogP contribution in [0.4, 0.5) is 0 Å². The van der Waals surface area contributed by atoms with Crippen molar-refractivity contribution in [2.75, 3.05) is 6.26 Å². The van der Waals surface area contributed by atoms with Crippen LogP contribution in [0.3, 0.4) is 0 Å². The Labute approximate surface area is 149 Å². The zero-order valence-electron chi connectivity index (χ0n) is 15.9. The molecule has 1 aromatic heterocycles. The number of hydrogen-bond acceptors (Lipinski definition) is 3. The van der Waals surface area contributed by atoms with Gasteiger partial charge in [0.05, 0.1) is 0 Å². The Balaban J connectivity index is 2.58. The summed E-state index contributed by atoms with van der Waals surface area (Å²) in [5.41, 5.74) is 0.